The first-order chi connectivity index (χ1) is 15.1. The van der Waals surface area contributed by atoms with Gasteiger partial charge in [-0.3, -0.25) is 14.0 Å². The number of nitrogens with zero attached hydrogens (tertiary/aromatic N) is 2. The SMILES string of the molecule is CCC(=O)CCC1CCC(C(=O)CC2CCC(c3cnc(CCCF)nc3)CC2)CC1. The third-order valence-electron chi connectivity index (χ3n) is 7.60. The van der Waals surface area contributed by atoms with Crippen LogP contribution in [0.4, 0.5) is 4.39 Å². The van der Waals surface area contributed by atoms with Crippen LogP contribution in [0, 0.1) is 17.8 Å². The number of aryl methyl sites for hydroxylation is 1. The standard InChI is InChI=1S/C26H39FN2O2/c1-2-24(30)14-9-19-5-12-22(13-6-19)25(31)16-20-7-10-21(11-8-20)23-17-28-26(29-18-23)4-3-15-27/h17-22H,2-16H2,1H3. The molecule has 1 heterocycles. The first-order valence-electron chi connectivity index (χ1n) is 12.5. The molecule has 0 atom stereocenters. The number of halogens is 1. The van der Waals surface area contributed by atoms with Gasteiger partial charge in [0.25, 0.3) is 0 Å². The second-order valence-corrected chi connectivity index (χ2v) is 9.76. The largest absolute Gasteiger partial charge is 0.300 e. The van der Waals surface area contributed by atoms with Crippen molar-refractivity contribution in [1.82, 2.24) is 9.97 Å². The summed E-state index contributed by atoms with van der Waals surface area (Å²) in [6.45, 7) is 1.61. The second-order valence-electron chi connectivity index (χ2n) is 9.76. The maximum atomic E-state index is 12.9. The molecule has 2 aliphatic rings. The van der Waals surface area contributed by atoms with Crippen molar-refractivity contribution in [2.45, 2.75) is 103 Å². The zero-order chi connectivity index (χ0) is 22.1. The maximum Gasteiger partial charge on any atom is 0.136 e. The van der Waals surface area contributed by atoms with E-state index in [0.717, 1.165) is 70.0 Å². The third-order valence-corrected chi connectivity index (χ3v) is 7.60. The molecule has 0 saturated heterocycles. The molecular formula is C26H39FN2O2. The molecule has 0 aliphatic heterocycles. The van der Waals surface area contributed by atoms with Crippen molar-refractivity contribution in [3.63, 3.8) is 0 Å². The highest BCUT2D eigenvalue weighted by Gasteiger charge is 2.30. The Morgan fingerprint density at radius 3 is 2.23 bits per heavy atom. The molecule has 0 aromatic carbocycles. The van der Waals surface area contributed by atoms with E-state index in [1.165, 1.54) is 5.56 Å². The highest BCUT2D eigenvalue weighted by molar-refractivity contribution is 5.81. The van der Waals surface area contributed by atoms with Gasteiger partial charge in [-0.1, -0.05) is 6.92 Å². The van der Waals surface area contributed by atoms with Crippen molar-refractivity contribution in [1.29, 1.82) is 0 Å². The number of carbonyl (C=O) groups is 2. The maximum absolute atomic E-state index is 12.9. The summed E-state index contributed by atoms with van der Waals surface area (Å²) in [6, 6.07) is 0. The lowest BCUT2D eigenvalue weighted by atomic mass is 9.73. The van der Waals surface area contributed by atoms with E-state index >= 15 is 0 Å². The molecule has 2 aliphatic carbocycles. The molecule has 0 radical (unpaired) electrons. The molecule has 0 bridgehead atoms. The van der Waals surface area contributed by atoms with Crippen LogP contribution >= 0.6 is 0 Å². The predicted octanol–water partition coefficient (Wildman–Crippen LogP) is 6.18. The van der Waals surface area contributed by atoms with Crippen LogP contribution in [-0.2, 0) is 16.0 Å². The van der Waals surface area contributed by atoms with Crippen molar-refractivity contribution in [2.24, 2.45) is 17.8 Å². The van der Waals surface area contributed by atoms with Gasteiger partial charge in [-0.2, -0.15) is 0 Å². The molecule has 172 valence electrons. The monoisotopic (exact) mass is 430 g/mol. The lowest BCUT2D eigenvalue weighted by molar-refractivity contribution is -0.125. The van der Waals surface area contributed by atoms with Crippen LogP contribution in [0.15, 0.2) is 12.4 Å². The van der Waals surface area contributed by atoms with Gasteiger partial charge in [0.15, 0.2) is 0 Å². The third kappa shape index (κ3) is 7.47. The quantitative estimate of drug-likeness (QED) is 0.421. The van der Waals surface area contributed by atoms with E-state index < -0.39 is 0 Å². The van der Waals surface area contributed by atoms with E-state index in [-0.39, 0.29) is 12.6 Å². The normalized spacial score (nSPS) is 26.5. The lowest BCUT2D eigenvalue weighted by Gasteiger charge is -2.31. The molecule has 3 rings (SSSR count). The number of Topliss-reactive ketones (excluding diaryl/α,β-unsaturated/α-hetero) is 2. The van der Waals surface area contributed by atoms with Gasteiger partial charge in [-0.25, -0.2) is 9.97 Å². The van der Waals surface area contributed by atoms with Crippen molar-refractivity contribution in [2.75, 3.05) is 6.67 Å². The van der Waals surface area contributed by atoms with Crippen molar-refractivity contribution in [3.05, 3.63) is 23.8 Å². The van der Waals surface area contributed by atoms with Gasteiger partial charge in [-0.05, 0) is 87.5 Å². The Bertz CT molecular complexity index is 690. The summed E-state index contributed by atoms with van der Waals surface area (Å²) in [5, 5.41) is 0. The van der Waals surface area contributed by atoms with Gasteiger partial charge in [0, 0.05) is 44.0 Å². The summed E-state index contributed by atoms with van der Waals surface area (Å²) in [4.78, 5) is 33.2. The number of alkyl halides is 1. The number of hydrogen-bond donors (Lipinski definition) is 0. The van der Waals surface area contributed by atoms with E-state index in [2.05, 4.69) is 9.97 Å². The summed E-state index contributed by atoms with van der Waals surface area (Å²) >= 11 is 0. The fourth-order valence-electron chi connectivity index (χ4n) is 5.40. The van der Waals surface area contributed by atoms with Gasteiger partial charge in [-0.15, -0.1) is 0 Å². The summed E-state index contributed by atoms with van der Waals surface area (Å²) in [6.07, 6.45) is 16.7. The smallest absolute Gasteiger partial charge is 0.136 e. The van der Waals surface area contributed by atoms with E-state index in [9.17, 15) is 14.0 Å². The van der Waals surface area contributed by atoms with E-state index in [0.29, 0.717) is 55.0 Å². The van der Waals surface area contributed by atoms with Crippen LogP contribution in [0.3, 0.4) is 0 Å². The van der Waals surface area contributed by atoms with E-state index in [1.54, 1.807) is 0 Å². The molecule has 1 aromatic heterocycles. The topological polar surface area (TPSA) is 59.9 Å². The van der Waals surface area contributed by atoms with Gasteiger partial charge < -0.3 is 0 Å². The number of carbonyl (C=O) groups excluding carboxylic acids is 2. The first kappa shape index (κ1) is 24.0. The highest BCUT2D eigenvalue weighted by atomic mass is 19.1. The van der Waals surface area contributed by atoms with E-state index in [4.69, 9.17) is 0 Å². The van der Waals surface area contributed by atoms with Crippen LogP contribution in [-0.4, -0.2) is 28.2 Å². The minimum absolute atomic E-state index is 0.251. The number of rotatable bonds is 11. The van der Waals surface area contributed by atoms with Gasteiger partial charge in [0.05, 0.1) is 6.67 Å². The van der Waals surface area contributed by atoms with Gasteiger partial charge in [0.2, 0.25) is 0 Å². The van der Waals surface area contributed by atoms with Crippen LogP contribution in [0.1, 0.15) is 108 Å². The molecule has 1 aromatic rings. The number of hydrogen-bond acceptors (Lipinski definition) is 4. The minimum Gasteiger partial charge on any atom is -0.300 e. The average molecular weight is 431 g/mol. The zero-order valence-corrected chi connectivity index (χ0v) is 19.2. The molecule has 5 heteroatoms. The van der Waals surface area contributed by atoms with Crippen LogP contribution in [0.5, 0.6) is 0 Å². The predicted molar refractivity (Wildman–Crippen MR) is 121 cm³/mol. The zero-order valence-electron chi connectivity index (χ0n) is 19.2. The molecule has 2 fully saturated rings. The fourth-order valence-corrected chi connectivity index (χ4v) is 5.40. The fraction of sp³-hybridized carbons (Fsp3) is 0.769. The van der Waals surface area contributed by atoms with Gasteiger partial charge in [0.1, 0.15) is 17.4 Å². The average Bonchev–Trinajstić information content (AvgIpc) is 2.82. The van der Waals surface area contributed by atoms with Crippen molar-refractivity contribution in [3.8, 4) is 0 Å². The first-order valence-corrected chi connectivity index (χ1v) is 12.5. The Morgan fingerprint density at radius 1 is 0.968 bits per heavy atom. The Hall–Kier alpha value is -1.65. The molecular weight excluding hydrogens is 391 g/mol. The minimum atomic E-state index is -0.324. The Labute approximate surface area is 186 Å². The Balaban J connectivity index is 1.36. The van der Waals surface area contributed by atoms with E-state index in [1.807, 2.05) is 19.3 Å². The second kappa shape index (κ2) is 12.4. The molecule has 0 unspecified atom stereocenters. The Kier molecular flexibility index (Phi) is 9.60. The number of ketones is 2. The molecule has 2 saturated carbocycles. The molecule has 4 nitrogen and oxygen atoms in total. The summed E-state index contributed by atoms with van der Waals surface area (Å²) in [5.74, 6) is 3.48. The highest BCUT2D eigenvalue weighted by Crippen LogP contribution is 2.39. The summed E-state index contributed by atoms with van der Waals surface area (Å²) < 4.78 is 12.3. The van der Waals surface area contributed by atoms with Crippen molar-refractivity contribution >= 4 is 11.6 Å². The summed E-state index contributed by atoms with van der Waals surface area (Å²) in [5.41, 5.74) is 1.19. The molecule has 31 heavy (non-hydrogen) atoms. The number of aromatic nitrogens is 2. The van der Waals surface area contributed by atoms with Crippen LogP contribution in [0.25, 0.3) is 0 Å². The van der Waals surface area contributed by atoms with Crippen LogP contribution in [0.2, 0.25) is 0 Å². The molecule has 0 spiro atoms. The molecule has 0 amide bonds. The lowest BCUT2D eigenvalue weighted by Crippen LogP contribution is -2.25. The summed E-state index contributed by atoms with van der Waals surface area (Å²) in [7, 11) is 0. The van der Waals surface area contributed by atoms with Crippen LogP contribution < -0.4 is 0 Å². The van der Waals surface area contributed by atoms with Gasteiger partial charge >= 0.3 is 0 Å². The molecule has 0 N–H and O–H groups in total. The van der Waals surface area contributed by atoms with Crippen molar-refractivity contribution < 1.29 is 14.0 Å². The Morgan fingerprint density at radius 2 is 1.61 bits per heavy atom.